The summed E-state index contributed by atoms with van der Waals surface area (Å²) in [5.41, 5.74) is 4.00. The van der Waals surface area contributed by atoms with Crippen LogP contribution in [-0.4, -0.2) is 36.3 Å². The van der Waals surface area contributed by atoms with Gasteiger partial charge < -0.3 is 10.2 Å². The molecule has 2 amide bonds. The number of amides is 2. The van der Waals surface area contributed by atoms with Gasteiger partial charge in [0.25, 0.3) is 0 Å². The lowest BCUT2D eigenvalue weighted by molar-refractivity contribution is -0.135. The van der Waals surface area contributed by atoms with Gasteiger partial charge in [0, 0.05) is 25.6 Å². The Balaban J connectivity index is 1.96. The third-order valence-corrected chi connectivity index (χ3v) is 5.92. The number of nitrogens with zero attached hydrogens (tertiary/aromatic N) is 1. The van der Waals surface area contributed by atoms with Crippen molar-refractivity contribution in [1.29, 1.82) is 0 Å². The van der Waals surface area contributed by atoms with Crippen molar-refractivity contribution in [3.8, 4) is 11.1 Å². The third kappa shape index (κ3) is 4.64. The maximum absolute atomic E-state index is 13.3. The molecule has 1 fully saturated rings. The molecule has 0 aliphatic carbocycles. The summed E-state index contributed by atoms with van der Waals surface area (Å²) in [6.45, 7) is 11.1. The Morgan fingerprint density at radius 1 is 1.20 bits per heavy atom. The minimum Gasteiger partial charge on any atom is -0.352 e. The molecule has 4 nitrogen and oxygen atoms in total. The van der Waals surface area contributed by atoms with Crippen LogP contribution in [0, 0.1) is 18.3 Å². The Kier molecular flexibility index (Phi) is 6.76. The second-order valence-corrected chi connectivity index (χ2v) is 8.65. The first kappa shape index (κ1) is 21.8. The van der Waals surface area contributed by atoms with Crippen LogP contribution in [0.3, 0.4) is 0 Å². The Hall–Kier alpha value is -2.88. The van der Waals surface area contributed by atoms with Gasteiger partial charge in [-0.2, -0.15) is 0 Å². The number of hydrogen-bond donors (Lipinski definition) is 1. The van der Waals surface area contributed by atoms with Gasteiger partial charge in [0.2, 0.25) is 11.8 Å². The average Bonchev–Trinajstić information content (AvgIpc) is 3.17. The molecule has 30 heavy (non-hydrogen) atoms. The molecule has 2 aromatic rings. The molecule has 4 heteroatoms. The Bertz CT molecular complexity index is 934. The van der Waals surface area contributed by atoms with E-state index in [-0.39, 0.29) is 17.7 Å². The van der Waals surface area contributed by atoms with E-state index in [4.69, 9.17) is 0 Å². The summed E-state index contributed by atoms with van der Waals surface area (Å²) < 4.78 is 0. The van der Waals surface area contributed by atoms with E-state index in [9.17, 15) is 9.59 Å². The van der Waals surface area contributed by atoms with E-state index in [0.717, 1.165) is 16.7 Å². The fourth-order valence-electron chi connectivity index (χ4n) is 4.32. The molecular formula is C26H32N2O2. The van der Waals surface area contributed by atoms with Crippen LogP contribution < -0.4 is 5.32 Å². The Morgan fingerprint density at radius 3 is 2.67 bits per heavy atom. The summed E-state index contributed by atoms with van der Waals surface area (Å²) in [6.07, 6.45) is 2.96. The first-order valence-electron chi connectivity index (χ1n) is 10.7. The van der Waals surface area contributed by atoms with Crippen molar-refractivity contribution in [3.63, 3.8) is 0 Å². The first-order valence-corrected chi connectivity index (χ1v) is 10.7. The van der Waals surface area contributed by atoms with E-state index in [2.05, 4.69) is 55.2 Å². The standard InChI is InChI=1S/C26H32N2O2/c1-5-14-27-25(30)26(13-15-28(18-26)24(29)19(2)3)17-22-10-6-7-12-23(22)21-11-8-9-20(4)16-21/h5-12,16,19H,1,13-15,17-18H2,2-4H3,(H,27,30). The van der Waals surface area contributed by atoms with Crippen LogP contribution in [0.2, 0.25) is 0 Å². The van der Waals surface area contributed by atoms with Crippen molar-refractivity contribution in [3.05, 3.63) is 72.3 Å². The molecule has 1 aliphatic rings. The number of nitrogens with one attached hydrogen (secondary N) is 1. The number of carbonyl (C=O) groups is 2. The van der Waals surface area contributed by atoms with Crippen molar-refractivity contribution in [2.75, 3.05) is 19.6 Å². The monoisotopic (exact) mass is 404 g/mol. The largest absolute Gasteiger partial charge is 0.352 e. The summed E-state index contributed by atoms with van der Waals surface area (Å²) in [6, 6.07) is 16.7. The van der Waals surface area contributed by atoms with Gasteiger partial charge in [-0.1, -0.05) is 74.0 Å². The van der Waals surface area contributed by atoms with Crippen LogP contribution in [0.15, 0.2) is 61.2 Å². The molecule has 3 rings (SSSR count). The topological polar surface area (TPSA) is 49.4 Å². The molecule has 0 bridgehead atoms. The molecule has 0 aromatic heterocycles. The van der Waals surface area contributed by atoms with Gasteiger partial charge in [0.15, 0.2) is 0 Å². The fourth-order valence-corrected chi connectivity index (χ4v) is 4.32. The third-order valence-electron chi connectivity index (χ3n) is 5.92. The van der Waals surface area contributed by atoms with Gasteiger partial charge in [-0.3, -0.25) is 9.59 Å². The molecule has 158 valence electrons. The lowest BCUT2D eigenvalue weighted by atomic mass is 9.78. The van der Waals surface area contributed by atoms with Gasteiger partial charge in [0.05, 0.1) is 5.41 Å². The van der Waals surface area contributed by atoms with Crippen molar-refractivity contribution in [1.82, 2.24) is 10.2 Å². The molecule has 1 atom stereocenters. The average molecular weight is 405 g/mol. The number of likely N-dealkylation sites (tertiary alicyclic amines) is 1. The number of hydrogen-bond acceptors (Lipinski definition) is 2. The highest BCUT2D eigenvalue weighted by Crippen LogP contribution is 2.38. The fraction of sp³-hybridized carbons (Fsp3) is 0.385. The van der Waals surface area contributed by atoms with E-state index < -0.39 is 5.41 Å². The molecule has 1 saturated heterocycles. The quantitative estimate of drug-likeness (QED) is 0.696. The number of carbonyl (C=O) groups excluding carboxylic acids is 2. The normalized spacial score (nSPS) is 18.5. The lowest BCUT2D eigenvalue weighted by Gasteiger charge is -2.29. The van der Waals surface area contributed by atoms with E-state index in [1.165, 1.54) is 5.56 Å². The maximum atomic E-state index is 13.3. The van der Waals surface area contributed by atoms with Crippen molar-refractivity contribution < 1.29 is 9.59 Å². The second kappa shape index (κ2) is 9.29. The molecule has 1 heterocycles. The van der Waals surface area contributed by atoms with Gasteiger partial charge in [-0.15, -0.1) is 6.58 Å². The minimum atomic E-state index is -0.631. The highest BCUT2D eigenvalue weighted by atomic mass is 16.2. The second-order valence-electron chi connectivity index (χ2n) is 8.65. The molecule has 0 spiro atoms. The van der Waals surface area contributed by atoms with Crippen LogP contribution in [0.5, 0.6) is 0 Å². The van der Waals surface area contributed by atoms with Gasteiger partial charge in [0.1, 0.15) is 0 Å². The summed E-state index contributed by atoms with van der Waals surface area (Å²) in [5, 5.41) is 3.00. The zero-order valence-electron chi connectivity index (χ0n) is 18.3. The summed E-state index contributed by atoms with van der Waals surface area (Å²) in [4.78, 5) is 27.8. The first-order chi connectivity index (χ1) is 14.4. The van der Waals surface area contributed by atoms with Gasteiger partial charge >= 0.3 is 0 Å². The van der Waals surface area contributed by atoms with Crippen molar-refractivity contribution in [2.45, 2.75) is 33.6 Å². The summed E-state index contributed by atoms with van der Waals surface area (Å²) >= 11 is 0. The molecule has 2 aromatic carbocycles. The van der Waals surface area contributed by atoms with Crippen LogP contribution in [0.1, 0.15) is 31.4 Å². The zero-order chi connectivity index (χ0) is 21.7. The van der Waals surface area contributed by atoms with Crippen molar-refractivity contribution >= 4 is 11.8 Å². The molecule has 0 radical (unpaired) electrons. The lowest BCUT2D eigenvalue weighted by Crippen LogP contribution is -2.45. The maximum Gasteiger partial charge on any atom is 0.228 e. The van der Waals surface area contributed by atoms with Crippen LogP contribution in [0.4, 0.5) is 0 Å². The summed E-state index contributed by atoms with van der Waals surface area (Å²) in [5.74, 6) is 0.0393. The molecule has 0 saturated carbocycles. The minimum absolute atomic E-state index is 0.000464. The SMILES string of the molecule is C=CCNC(=O)C1(Cc2ccccc2-c2cccc(C)c2)CCN(C(=O)C(C)C)C1. The highest BCUT2D eigenvalue weighted by Gasteiger charge is 2.46. The zero-order valence-corrected chi connectivity index (χ0v) is 18.3. The number of rotatable bonds is 7. The Labute approximate surface area is 180 Å². The van der Waals surface area contributed by atoms with Crippen LogP contribution in [-0.2, 0) is 16.0 Å². The molecular weight excluding hydrogens is 372 g/mol. The molecule has 1 unspecified atom stereocenters. The van der Waals surface area contributed by atoms with Gasteiger partial charge in [-0.25, -0.2) is 0 Å². The van der Waals surface area contributed by atoms with Crippen LogP contribution in [0.25, 0.3) is 11.1 Å². The van der Waals surface area contributed by atoms with Crippen molar-refractivity contribution in [2.24, 2.45) is 11.3 Å². The smallest absolute Gasteiger partial charge is 0.228 e. The summed E-state index contributed by atoms with van der Waals surface area (Å²) in [7, 11) is 0. The van der Waals surface area contributed by atoms with E-state index in [1.807, 2.05) is 30.9 Å². The number of benzene rings is 2. The van der Waals surface area contributed by atoms with E-state index >= 15 is 0 Å². The predicted octanol–water partition coefficient (Wildman–Crippen LogP) is 4.38. The molecule has 1 aliphatic heterocycles. The highest BCUT2D eigenvalue weighted by molar-refractivity contribution is 5.86. The Morgan fingerprint density at radius 2 is 1.97 bits per heavy atom. The molecule has 1 N–H and O–H groups in total. The van der Waals surface area contributed by atoms with Gasteiger partial charge in [-0.05, 0) is 36.5 Å². The van der Waals surface area contributed by atoms with E-state index in [0.29, 0.717) is 32.5 Å². The van der Waals surface area contributed by atoms with E-state index in [1.54, 1.807) is 6.08 Å². The number of aryl methyl sites for hydroxylation is 1. The van der Waals surface area contributed by atoms with Crippen LogP contribution >= 0.6 is 0 Å². The predicted molar refractivity (Wildman–Crippen MR) is 122 cm³/mol.